The van der Waals surface area contributed by atoms with Crippen LogP contribution in [0.4, 0.5) is 10.1 Å². The normalized spacial score (nSPS) is 20.2. The van der Waals surface area contributed by atoms with Crippen LogP contribution in [0.2, 0.25) is 0 Å². The molecule has 1 N–H and O–H groups in total. The Hall–Kier alpha value is -1.86. The quantitative estimate of drug-likeness (QED) is 0.810. The van der Waals surface area contributed by atoms with Crippen molar-refractivity contribution >= 4 is 21.6 Å². The van der Waals surface area contributed by atoms with Crippen molar-refractivity contribution in [3.05, 3.63) is 65.0 Å². The van der Waals surface area contributed by atoms with Gasteiger partial charge in [0.25, 0.3) is 0 Å². The highest BCUT2D eigenvalue weighted by Gasteiger charge is 2.27. The minimum Gasteiger partial charge on any atom is -0.370 e. The Morgan fingerprint density at radius 1 is 1.24 bits per heavy atom. The molecule has 2 nitrogen and oxygen atoms in total. The average molecular weight is 345 g/mol. The molecule has 0 saturated heterocycles. The zero-order chi connectivity index (χ0) is 14.8. The molecule has 2 aromatic carbocycles. The number of hydrogen-bond acceptors (Lipinski definition) is 2. The van der Waals surface area contributed by atoms with E-state index in [-0.39, 0.29) is 17.8 Å². The lowest BCUT2D eigenvalue weighted by atomic mass is 9.82. The predicted molar refractivity (Wildman–Crippen MR) is 85.0 cm³/mol. The summed E-state index contributed by atoms with van der Waals surface area (Å²) in [4.78, 5) is 0. The van der Waals surface area contributed by atoms with Crippen molar-refractivity contribution in [3.63, 3.8) is 0 Å². The van der Waals surface area contributed by atoms with Gasteiger partial charge in [0.05, 0.1) is 6.07 Å². The van der Waals surface area contributed by atoms with E-state index in [1.54, 1.807) is 0 Å². The predicted octanol–water partition coefficient (Wildman–Crippen LogP) is 4.56. The summed E-state index contributed by atoms with van der Waals surface area (Å²) in [6, 6.07) is 14.9. The molecular weight excluding hydrogens is 331 g/mol. The molecule has 2 atom stereocenters. The molecule has 4 heteroatoms. The van der Waals surface area contributed by atoms with Crippen LogP contribution >= 0.6 is 15.9 Å². The molecule has 0 amide bonds. The molecule has 0 bridgehead atoms. The zero-order valence-electron chi connectivity index (χ0n) is 11.3. The van der Waals surface area contributed by atoms with Crippen molar-refractivity contribution in [2.75, 3.05) is 5.32 Å². The number of nitrogens with zero attached hydrogens (tertiary/aromatic N) is 1. The molecule has 3 rings (SSSR count). The van der Waals surface area contributed by atoms with Crippen molar-refractivity contribution in [1.82, 2.24) is 0 Å². The first-order chi connectivity index (χ1) is 10.2. The Morgan fingerprint density at radius 3 is 2.67 bits per heavy atom. The van der Waals surface area contributed by atoms with Gasteiger partial charge in [-0.3, -0.25) is 0 Å². The molecular formula is C17H14BrFN2. The van der Waals surface area contributed by atoms with E-state index in [2.05, 4.69) is 45.5 Å². The third-order valence-electron chi connectivity index (χ3n) is 3.88. The third-order valence-corrected chi connectivity index (χ3v) is 4.52. The summed E-state index contributed by atoms with van der Waals surface area (Å²) in [6.45, 7) is 0. The Bertz CT molecular complexity index is 691. The van der Waals surface area contributed by atoms with Gasteiger partial charge in [0.1, 0.15) is 11.9 Å². The summed E-state index contributed by atoms with van der Waals surface area (Å²) in [6.07, 6.45) is 0.697. The fourth-order valence-electron chi connectivity index (χ4n) is 2.82. The molecule has 1 heterocycles. The summed E-state index contributed by atoms with van der Waals surface area (Å²) in [5.74, 6) is -0.116. The van der Waals surface area contributed by atoms with Crippen molar-refractivity contribution in [2.24, 2.45) is 0 Å². The summed E-state index contributed by atoms with van der Waals surface area (Å²) < 4.78 is 13.1. The maximum absolute atomic E-state index is 13.1. The standard InChI is InChI=1S/C17H14BrFN2/c18-9-11-1-6-15-16(12-2-4-13(19)5-3-12)8-14(10-20)21-17(15)7-11/h1-7,14,16,21H,8-9H2. The highest BCUT2D eigenvalue weighted by Crippen LogP contribution is 2.39. The number of fused-ring (bicyclic) bond motifs is 1. The van der Waals surface area contributed by atoms with Crippen LogP contribution in [0.5, 0.6) is 0 Å². The SMILES string of the molecule is N#CC1CC(c2ccc(F)cc2)c2ccc(CBr)cc2N1. The fourth-order valence-corrected chi connectivity index (χ4v) is 3.17. The van der Waals surface area contributed by atoms with E-state index >= 15 is 0 Å². The number of anilines is 1. The van der Waals surface area contributed by atoms with Gasteiger partial charge in [-0.1, -0.05) is 40.2 Å². The molecule has 0 fully saturated rings. The molecule has 0 spiro atoms. The highest BCUT2D eigenvalue weighted by molar-refractivity contribution is 9.08. The summed E-state index contributed by atoms with van der Waals surface area (Å²) >= 11 is 3.45. The van der Waals surface area contributed by atoms with Crippen molar-refractivity contribution in [3.8, 4) is 6.07 Å². The lowest BCUT2D eigenvalue weighted by Gasteiger charge is -2.30. The Morgan fingerprint density at radius 2 is 2.00 bits per heavy atom. The smallest absolute Gasteiger partial charge is 0.123 e. The maximum atomic E-state index is 13.1. The lowest BCUT2D eigenvalue weighted by molar-refractivity contribution is 0.621. The van der Waals surface area contributed by atoms with Crippen LogP contribution in [0.25, 0.3) is 0 Å². The molecule has 2 unspecified atom stereocenters. The lowest BCUT2D eigenvalue weighted by Crippen LogP contribution is -2.27. The second-order valence-corrected chi connectivity index (χ2v) is 5.78. The van der Waals surface area contributed by atoms with E-state index in [0.29, 0.717) is 6.42 Å². The maximum Gasteiger partial charge on any atom is 0.123 e. The summed E-state index contributed by atoms with van der Waals surface area (Å²) in [5, 5.41) is 13.3. The van der Waals surface area contributed by atoms with E-state index in [1.165, 1.54) is 12.1 Å². The van der Waals surface area contributed by atoms with E-state index in [4.69, 9.17) is 0 Å². The number of hydrogen-bond donors (Lipinski definition) is 1. The number of halogens is 2. The second-order valence-electron chi connectivity index (χ2n) is 5.22. The Balaban J connectivity index is 2.05. The van der Waals surface area contributed by atoms with Gasteiger partial charge in [-0.15, -0.1) is 0 Å². The topological polar surface area (TPSA) is 35.8 Å². The van der Waals surface area contributed by atoms with Crippen LogP contribution in [0.15, 0.2) is 42.5 Å². The molecule has 1 aliphatic rings. The number of rotatable bonds is 2. The number of nitrogens with one attached hydrogen (secondary N) is 1. The molecule has 106 valence electrons. The minimum atomic E-state index is -0.237. The van der Waals surface area contributed by atoms with Crippen LogP contribution in [0, 0.1) is 17.1 Å². The first-order valence-electron chi connectivity index (χ1n) is 6.81. The van der Waals surface area contributed by atoms with Crippen LogP contribution < -0.4 is 5.32 Å². The number of nitriles is 1. The largest absolute Gasteiger partial charge is 0.370 e. The van der Waals surface area contributed by atoms with E-state index < -0.39 is 0 Å². The van der Waals surface area contributed by atoms with Gasteiger partial charge in [0.15, 0.2) is 0 Å². The van der Waals surface area contributed by atoms with Crippen molar-refractivity contribution < 1.29 is 4.39 Å². The van der Waals surface area contributed by atoms with Crippen LogP contribution in [0.1, 0.15) is 29.0 Å². The Kier molecular flexibility index (Phi) is 3.94. The Labute approximate surface area is 131 Å². The molecule has 1 aliphatic heterocycles. The van der Waals surface area contributed by atoms with Crippen LogP contribution in [-0.2, 0) is 5.33 Å². The second kappa shape index (κ2) is 5.87. The molecule has 0 radical (unpaired) electrons. The molecule has 21 heavy (non-hydrogen) atoms. The minimum absolute atomic E-state index is 0.121. The van der Waals surface area contributed by atoms with Gasteiger partial charge in [-0.05, 0) is 41.3 Å². The number of alkyl halides is 1. The van der Waals surface area contributed by atoms with Crippen LogP contribution in [0.3, 0.4) is 0 Å². The van der Waals surface area contributed by atoms with E-state index in [1.807, 2.05) is 12.1 Å². The highest BCUT2D eigenvalue weighted by atomic mass is 79.9. The average Bonchev–Trinajstić information content (AvgIpc) is 2.54. The van der Waals surface area contributed by atoms with Gasteiger partial charge in [-0.25, -0.2) is 4.39 Å². The fraction of sp³-hybridized carbons (Fsp3) is 0.235. The van der Waals surface area contributed by atoms with Crippen molar-refractivity contribution in [2.45, 2.75) is 23.7 Å². The van der Waals surface area contributed by atoms with Gasteiger partial charge < -0.3 is 5.32 Å². The number of benzene rings is 2. The molecule has 0 aromatic heterocycles. The van der Waals surface area contributed by atoms with E-state index in [0.717, 1.165) is 27.7 Å². The third kappa shape index (κ3) is 2.79. The van der Waals surface area contributed by atoms with Gasteiger partial charge in [-0.2, -0.15) is 5.26 Å². The first-order valence-corrected chi connectivity index (χ1v) is 7.94. The van der Waals surface area contributed by atoms with Crippen molar-refractivity contribution in [1.29, 1.82) is 5.26 Å². The zero-order valence-corrected chi connectivity index (χ0v) is 12.9. The molecule has 0 aliphatic carbocycles. The summed E-state index contributed by atoms with van der Waals surface area (Å²) in [5.41, 5.74) is 4.38. The first kappa shape index (κ1) is 14.1. The summed E-state index contributed by atoms with van der Waals surface area (Å²) in [7, 11) is 0. The van der Waals surface area contributed by atoms with Gasteiger partial charge >= 0.3 is 0 Å². The monoisotopic (exact) mass is 344 g/mol. The van der Waals surface area contributed by atoms with Gasteiger partial charge in [0.2, 0.25) is 0 Å². The van der Waals surface area contributed by atoms with Gasteiger partial charge in [0, 0.05) is 16.9 Å². The van der Waals surface area contributed by atoms with Crippen LogP contribution in [-0.4, -0.2) is 6.04 Å². The molecule has 0 saturated carbocycles. The van der Waals surface area contributed by atoms with E-state index in [9.17, 15) is 9.65 Å². The molecule has 2 aromatic rings.